The summed E-state index contributed by atoms with van der Waals surface area (Å²) in [6.07, 6.45) is 2.53. The van der Waals surface area contributed by atoms with E-state index in [0.717, 1.165) is 42.0 Å². The highest BCUT2D eigenvalue weighted by atomic mass is 32.1. The Labute approximate surface area is 167 Å². The number of methoxy groups -OCH3 is 1. The highest BCUT2D eigenvalue weighted by Gasteiger charge is 2.24. The van der Waals surface area contributed by atoms with Gasteiger partial charge in [-0.3, -0.25) is 14.2 Å². The number of thiophene rings is 1. The molecule has 0 bridgehead atoms. The standard InChI is InChI=1S/C21H23N3O3S/c1-4-15(13-7-9-14(27-3)10-8-13)22-19(25)18-12(2)17-20(28-18)23-16-6-5-11-24(16)21(17)26/h7-10,15H,4-6,11H2,1-3H3,(H,22,25). The van der Waals surface area contributed by atoms with Crippen LogP contribution in [0.4, 0.5) is 0 Å². The first kappa shape index (κ1) is 18.7. The number of rotatable bonds is 5. The Morgan fingerprint density at radius 2 is 2.11 bits per heavy atom. The molecule has 4 rings (SSSR count). The number of hydrogen-bond donors (Lipinski definition) is 1. The summed E-state index contributed by atoms with van der Waals surface area (Å²) in [4.78, 5) is 31.7. The molecule has 1 unspecified atom stereocenters. The third kappa shape index (κ3) is 3.09. The Morgan fingerprint density at radius 1 is 1.36 bits per heavy atom. The molecule has 28 heavy (non-hydrogen) atoms. The fraction of sp³-hybridized carbons (Fsp3) is 0.381. The van der Waals surface area contributed by atoms with Crippen molar-refractivity contribution >= 4 is 27.5 Å². The predicted octanol–water partition coefficient (Wildman–Crippen LogP) is 3.60. The van der Waals surface area contributed by atoms with Crippen molar-refractivity contribution in [2.24, 2.45) is 0 Å². The van der Waals surface area contributed by atoms with Gasteiger partial charge in [-0.15, -0.1) is 11.3 Å². The van der Waals surface area contributed by atoms with E-state index in [1.165, 1.54) is 11.3 Å². The van der Waals surface area contributed by atoms with Crippen LogP contribution in [-0.4, -0.2) is 22.6 Å². The van der Waals surface area contributed by atoms with Crippen molar-refractivity contribution in [3.05, 3.63) is 56.4 Å². The first-order valence-corrected chi connectivity index (χ1v) is 10.3. The highest BCUT2D eigenvalue weighted by Crippen LogP contribution is 2.29. The van der Waals surface area contributed by atoms with Crippen molar-refractivity contribution in [3.8, 4) is 5.75 Å². The van der Waals surface area contributed by atoms with E-state index in [2.05, 4.69) is 10.3 Å². The lowest BCUT2D eigenvalue weighted by Crippen LogP contribution is -2.28. The largest absolute Gasteiger partial charge is 0.497 e. The number of hydrogen-bond acceptors (Lipinski definition) is 5. The third-order valence-electron chi connectivity index (χ3n) is 5.35. The van der Waals surface area contributed by atoms with Gasteiger partial charge in [0, 0.05) is 13.0 Å². The SMILES string of the molecule is CCC(NC(=O)c1sc2nc3n(c(=O)c2c1C)CCC3)c1ccc(OC)cc1. The molecule has 1 amide bonds. The number of benzene rings is 1. The molecule has 0 saturated carbocycles. The number of aryl methyl sites for hydroxylation is 2. The molecular weight excluding hydrogens is 374 g/mol. The van der Waals surface area contributed by atoms with Crippen LogP contribution in [0.5, 0.6) is 5.75 Å². The molecule has 1 aromatic carbocycles. The lowest BCUT2D eigenvalue weighted by atomic mass is 10.0. The first-order chi connectivity index (χ1) is 13.5. The van der Waals surface area contributed by atoms with Crippen LogP contribution < -0.4 is 15.6 Å². The maximum Gasteiger partial charge on any atom is 0.262 e. The van der Waals surface area contributed by atoms with Crippen LogP contribution in [0.25, 0.3) is 10.2 Å². The van der Waals surface area contributed by atoms with Gasteiger partial charge in [0.25, 0.3) is 11.5 Å². The van der Waals surface area contributed by atoms with Crippen LogP contribution in [-0.2, 0) is 13.0 Å². The van der Waals surface area contributed by atoms with Gasteiger partial charge in [-0.25, -0.2) is 4.98 Å². The summed E-state index contributed by atoms with van der Waals surface area (Å²) in [5, 5.41) is 3.69. The normalized spacial score (nSPS) is 14.1. The molecular formula is C21H23N3O3S. The number of fused-ring (bicyclic) bond motifs is 2. The van der Waals surface area contributed by atoms with E-state index < -0.39 is 0 Å². The average Bonchev–Trinajstić information content (AvgIpc) is 3.31. The molecule has 0 fully saturated rings. The van der Waals surface area contributed by atoms with Crippen molar-refractivity contribution < 1.29 is 9.53 Å². The molecule has 1 N–H and O–H groups in total. The molecule has 2 aromatic heterocycles. The van der Waals surface area contributed by atoms with E-state index in [0.29, 0.717) is 21.6 Å². The molecule has 6 nitrogen and oxygen atoms in total. The lowest BCUT2D eigenvalue weighted by molar-refractivity contribution is 0.0939. The maximum atomic E-state index is 13.0. The minimum Gasteiger partial charge on any atom is -0.497 e. The summed E-state index contributed by atoms with van der Waals surface area (Å²) in [5.74, 6) is 1.45. The van der Waals surface area contributed by atoms with Crippen molar-refractivity contribution in [1.82, 2.24) is 14.9 Å². The zero-order valence-corrected chi connectivity index (χ0v) is 17.1. The van der Waals surface area contributed by atoms with Crippen LogP contribution in [0, 0.1) is 6.92 Å². The van der Waals surface area contributed by atoms with Gasteiger partial charge in [-0.2, -0.15) is 0 Å². The van der Waals surface area contributed by atoms with Gasteiger partial charge in [-0.05, 0) is 43.0 Å². The van der Waals surface area contributed by atoms with Crippen LogP contribution in [0.1, 0.15) is 52.4 Å². The molecule has 0 spiro atoms. The highest BCUT2D eigenvalue weighted by molar-refractivity contribution is 7.20. The van der Waals surface area contributed by atoms with Gasteiger partial charge in [0.1, 0.15) is 16.4 Å². The Kier molecular flexibility index (Phi) is 4.93. The van der Waals surface area contributed by atoms with Crippen LogP contribution >= 0.6 is 11.3 Å². The maximum absolute atomic E-state index is 13.0. The number of amides is 1. The molecule has 3 aromatic rings. The Morgan fingerprint density at radius 3 is 2.79 bits per heavy atom. The van der Waals surface area contributed by atoms with E-state index in [4.69, 9.17) is 4.74 Å². The number of carbonyl (C=O) groups is 1. The molecule has 1 atom stereocenters. The third-order valence-corrected chi connectivity index (χ3v) is 6.53. The molecule has 3 heterocycles. The van der Waals surface area contributed by atoms with E-state index in [1.54, 1.807) is 11.7 Å². The fourth-order valence-corrected chi connectivity index (χ4v) is 4.87. The average molecular weight is 398 g/mol. The summed E-state index contributed by atoms with van der Waals surface area (Å²) >= 11 is 1.31. The Hall–Kier alpha value is -2.67. The second-order valence-corrected chi connectivity index (χ2v) is 8.03. The van der Waals surface area contributed by atoms with Gasteiger partial charge < -0.3 is 10.1 Å². The number of carbonyl (C=O) groups excluding carboxylic acids is 1. The topological polar surface area (TPSA) is 73.2 Å². The van der Waals surface area contributed by atoms with Crippen molar-refractivity contribution in [1.29, 1.82) is 0 Å². The van der Waals surface area contributed by atoms with Gasteiger partial charge in [-0.1, -0.05) is 19.1 Å². The number of aromatic nitrogens is 2. The summed E-state index contributed by atoms with van der Waals surface area (Å²) in [6.45, 7) is 4.59. The minimum absolute atomic E-state index is 0.0208. The van der Waals surface area contributed by atoms with Crippen molar-refractivity contribution in [2.45, 2.75) is 45.7 Å². The van der Waals surface area contributed by atoms with Gasteiger partial charge in [0.15, 0.2) is 0 Å². The lowest BCUT2D eigenvalue weighted by Gasteiger charge is -2.17. The van der Waals surface area contributed by atoms with Gasteiger partial charge >= 0.3 is 0 Å². The Balaban J connectivity index is 1.65. The van der Waals surface area contributed by atoms with Crippen LogP contribution in [0.15, 0.2) is 29.1 Å². The van der Waals surface area contributed by atoms with Crippen LogP contribution in [0.2, 0.25) is 0 Å². The number of ether oxygens (including phenoxy) is 1. The fourth-order valence-electron chi connectivity index (χ4n) is 3.77. The molecule has 1 aliphatic rings. The minimum atomic E-state index is -0.160. The number of nitrogens with zero attached hydrogens (tertiary/aromatic N) is 2. The first-order valence-electron chi connectivity index (χ1n) is 9.51. The molecule has 0 radical (unpaired) electrons. The summed E-state index contributed by atoms with van der Waals surface area (Å²) < 4.78 is 6.95. The zero-order chi connectivity index (χ0) is 19.8. The smallest absolute Gasteiger partial charge is 0.262 e. The van der Waals surface area contributed by atoms with E-state index in [9.17, 15) is 9.59 Å². The van der Waals surface area contributed by atoms with E-state index >= 15 is 0 Å². The quantitative estimate of drug-likeness (QED) is 0.714. The number of nitrogens with one attached hydrogen (secondary N) is 1. The predicted molar refractivity (Wildman–Crippen MR) is 110 cm³/mol. The molecule has 0 saturated heterocycles. The van der Waals surface area contributed by atoms with Gasteiger partial charge in [0.2, 0.25) is 0 Å². The summed E-state index contributed by atoms with van der Waals surface area (Å²) in [6, 6.07) is 7.59. The molecule has 0 aliphatic carbocycles. The molecule has 146 valence electrons. The zero-order valence-electron chi connectivity index (χ0n) is 16.2. The molecule has 1 aliphatic heterocycles. The second kappa shape index (κ2) is 7.39. The van der Waals surface area contributed by atoms with Crippen molar-refractivity contribution in [3.63, 3.8) is 0 Å². The van der Waals surface area contributed by atoms with E-state index in [-0.39, 0.29) is 17.5 Å². The summed E-state index contributed by atoms with van der Waals surface area (Å²) in [7, 11) is 1.63. The van der Waals surface area contributed by atoms with E-state index in [1.807, 2.05) is 38.1 Å². The summed E-state index contributed by atoms with van der Waals surface area (Å²) in [5.41, 5.74) is 1.72. The Bertz CT molecular complexity index is 1100. The monoisotopic (exact) mass is 397 g/mol. The molecule has 7 heteroatoms. The van der Waals surface area contributed by atoms with Crippen molar-refractivity contribution in [2.75, 3.05) is 7.11 Å². The second-order valence-electron chi connectivity index (χ2n) is 7.03. The van der Waals surface area contributed by atoms with Gasteiger partial charge in [0.05, 0.1) is 23.4 Å². The van der Waals surface area contributed by atoms with Crippen LogP contribution in [0.3, 0.4) is 0 Å².